The molecule has 0 saturated carbocycles. The molecule has 1 amide bonds. The topological polar surface area (TPSA) is 95.1 Å². The fourth-order valence-electron chi connectivity index (χ4n) is 4.89. The quantitative estimate of drug-likeness (QED) is 0.436. The molecule has 0 bridgehead atoms. The zero-order chi connectivity index (χ0) is 26.7. The number of methoxy groups -OCH3 is 1. The number of hydrogen-bond acceptors (Lipinski definition) is 8. The first-order chi connectivity index (χ1) is 18.4. The van der Waals surface area contributed by atoms with Crippen molar-refractivity contribution < 1.29 is 17.9 Å². The number of carbonyl (C=O) groups excluding carboxylic acids is 1. The van der Waals surface area contributed by atoms with Crippen molar-refractivity contribution in [1.82, 2.24) is 19.5 Å². The smallest absolute Gasteiger partial charge is 0.251 e. The maximum absolute atomic E-state index is 12.8. The molecule has 5 rings (SSSR count). The number of benzene rings is 2. The summed E-state index contributed by atoms with van der Waals surface area (Å²) in [5, 5.41) is 4.47. The highest BCUT2D eigenvalue weighted by molar-refractivity contribution is 7.89. The Hall–Kier alpha value is -2.44. The molecule has 12 heteroatoms. The van der Waals surface area contributed by atoms with Crippen LogP contribution in [-0.4, -0.2) is 88.0 Å². The van der Waals surface area contributed by atoms with Gasteiger partial charge in [-0.05, 0) is 49.2 Å². The zero-order valence-corrected chi connectivity index (χ0v) is 23.7. The van der Waals surface area contributed by atoms with Gasteiger partial charge >= 0.3 is 0 Å². The third kappa shape index (κ3) is 5.76. The summed E-state index contributed by atoms with van der Waals surface area (Å²) in [5.41, 5.74) is 1.25. The summed E-state index contributed by atoms with van der Waals surface area (Å²) in [4.78, 5) is 22.2. The summed E-state index contributed by atoms with van der Waals surface area (Å²) in [6, 6.07) is 10.0. The van der Waals surface area contributed by atoms with Crippen molar-refractivity contribution in [1.29, 1.82) is 0 Å². The monoisotopic (exact) mass is 577 g/mol. The molecule has 1 aromatic heterocycles. The van der Waals surface area contributed by atoms with E-state index >= 15 is 0 Å². The van der Waals surface area contributed by atoms with Crippen LogP contribution in [0.1, 0.15) is 29.6 Å². The number of hydrogen-bond donors (Lipinski definition) is 1. The Morgan fingerprint density at radius 1 is 1.03 bits per heavy atom. The van der Waals surface area contributed by atoms with Crippen molar-refractivity contribution in [2.45, 2.75) is 24.2 Å². The van der Waals surface area contributed by atoms with Gasteiger partial charge in [0.15, 0.2) is 10.9 Å². The molecule has 3 aromatic rings. The van der Waals surface area contributed by atoms with Crippen LogP contribution >= 0.6 is 22.9 Å². The average molecular weight is 578 g/mol. The van der Waals surface area contributed by atoms with Gasteiger partial charge < -0.3 is 15.0 Å². The van der Waals surface area contributed by atoms with E-state index in [0.29, 0.717) is 36.0 Å². The van der Waals surface area contributed by atoms with Crippen molar-refractivity contribution >= 4 is 54.2 Å². The third-order valence-corrected chi connectivity index (χ3v) is 10.4. The number of anilines is 1. The lowest BCUT2D eigenvalue weighted by molar-refractivity contribution is 0.0947. The van der Waals surface area contributed by atoms with Gasteiger partial charge in [-0.15, -0.1) is 0 Å². The summed E-state index contributed by atoms with van der Waals surface area (Å²) < 4.78 is 33.7. The number of aromatic nitrogens is 1. The number of thiazole rings is 1. The zero-order valence-electron chi connectivity index (χ0n) is 21.4. The number of fused-ring (bicyclic) bond motifs is 1. The van der Waals surface area contributed by atoms with E-state index in [0.717, 1.165) is 67.3 Å². The summed E-state index contributed by atoms with van der Waals surface area (Å²) in [7, 11) is -1.89. The highest BCUT2D eigenvalue weighted by atomic mass is 35.5. The number of piperidine rings is 1. The first-order valence-electron chi connectivity index (χ1n) is 12.9. The van der Waals surface area contributed by atoms with Crippen molar-refractivity contribution in [3.63, 3.8) is 0 Å². The number of piperazine rings is 1. The number of carbonyl (C=O) groups is 1. The molecule has 2 fully saturated rings. The van der Waals surface area contributed by atoms with E-state index < -0.39 is 10.0 Å². The van der Waals surface area contributed by atoms with Crippen LogP contribution in [0.4, 0.5) is 5.13 Å². The number of nitrogens with zero attached hydrogens (tertiary/aromatic N) is 4. The SMILES string of the molecule is COc1c(Cl)ccc2sc(N3CCN(CCNC(=O)c4ccc(S(=O)(=O)N5CCCCC5)cc4)CC3)nc12. The van der Waals surface area contributed by atoms with Crippen molar-refractivity contribution in [3.8, 4) is 5.75 Å². The van der Waals surface area contributed by atoms with Gasteiger partial charge in [-0.1, -0.05) is 29.4 Å². The molecular weight excluding hydrogens is 546 g/mol. The van der Waals surface area contributed by atoms with Crippen molar-refractivity contribution in [2.75, 3.05) is 64.4 Å². The lowest BCUT2D eigenvalue weighted by Gasteiger charge is -2.34. The van der Waals surface area contributed by atoms with Gasteiger partial charge in [0.25, 0.3) is 5.91 Å². The van der Waals surface area contributed by atoms with Crippen LogP contribution in [-0.2, 0) is 10.0 Å². The van der Waals surface area contributed by atoms with Gasteiger partial charge in [0.2, 0.25) is 10.0 Å². The van der Waals surface area contributed by atoms with Gasteiger partial charge in [0.1, 0.15) is 5.52 Å². The molecule has 0 spiro atoms. The third-order valence-electron chi connectivity index (χ3n) is 7.08. The summed E-state index contributed by atoms with van der Waals surface area (Å²) in [6.45, 7) is 5.80. The molecule has 38 heavy (non-hydrogen) atoms. The van der Waals surface area contributed by atoms with Crippen LogP contribution in [0.5, 0.6) is 5.75 Å². The van der Waals surface area contributed by atoms with Gasteiger partial charge in [-0.2, -0.15) is 4.31 Å². The van der Waals surface area contributed by atoms with Crippen molar-refractivity contribution in [2.24, 2.45) is 0 Å². The molecule has 0 atom stereocenters. The van der Waals surface area contributed by atoms with E-state index in [1.165, 1.54) is 16.4 Å². The fourth-order valence-corrected chi connectivity index (χ4v) is 7.65. The summed E-state index contributed by atoms with van der Waals surface area (Å²) in [6.07, 6.45) is 2.85. The second kappa shape index (κ2) is 11.7. The predicted molar refractivity (Wildman–Crippen MR) is 151 cm³/mol. The molecule has 2 aliphatic rings. The van der Waals surface area contributed by atoms with E-state index in [1.54, 1.807) is 30.6 Å². The van der Waals surface area contributed by atoms with E-state index in [4.69, 9.17) is 21.3 Å². The molecule has 3 heterocycles. The highest BCUT2D eigenvalue weighted by Gasteiger charge is 2.26. The number of amides is 1. The van der Waals surface area contributed by atoms with E-state index in [9.17, 15) is 13.2 Å². The van der Waals surface area contributed by atoms with Gasteiger partial charge in [0, 0.05) is 57.9 Å². The van der Waals surface area contributed by atoms with Gasteiger partial charge in [-0.25, -0.2) is 13.4 Å². The van der Waals surface area contributed by atoms with Crippen LogP contribution in [0.25, 0.3) is 10.2 Å². The van der Waals surface area contributed by atoms with Crippen LogP contribution in [0.2, 0.25) is 5.02 Å². The molecule has 204 valence electrons. The van der Waals surface area contributed by atoms with Crippen LogP contribution in [0, 0.1) is 0 Å². The Kier molecular flexibility index (Phi) is 8.39. The lowest BCUT2D eigenvalue weighted by Crippen LogP contribution is -2.48. The minimum atomic E-state index is -3.50. The summed E-state index contributed by atoms with van der Waals surface area (Å²) in [5.74, 6) is 0.409. The molecule has 2 aromatic carbocycles. The number of sulfonamides is 1. The molecule has 0 unspecified atom stereocenters. The van der Waals surface area contributed by atoms with E-state index in [2.05, 4.69) is 15.1 Å². The summed E-state index contributed by atoms with van der Waals surface area (Å²) >= 11 is 7.88. The normalized spacial score (nSPS) is 17.6. The minimum absolute atomic E-state index is 0.201. The second-order valence-corrected chi connectivity index (χ2v) is 12.9. The predicted octanol–water partition coefficient (Wildman–Crippen LogP) is 3.68. The van der Waals surface area contributed by atoms with E-state index in [-0.39, 0.29) is 10.8 Å². The standard InChI is InChI=1S/C26H32ClN5O4S2/c1-36-24-21(27)9-10-22-23(24)29-26(37-22)31-17-15-30(16-18-31)14-11-28-25(33)19-5-7-20(8-6-19)38(34,35)32-12-3-2-4-13-32/h5-10H,2-4,11-18H2,1H3,(H,28,33). The molecular formula is C26H32ClN5O4S2. The Morgan fingerprint density at radius 2 is 1.74 bits per heavy atom. The molecule has 1 N–H and O–H groups in total. The molecule has 9 nitrogen and oxygen atoms in total. The number of rotatable bonds is 8. The first-order valence-corrected chi connectivity index (χ1v) is 15.5. The molecule has 2 aliphatic heterocycles. The van der Waals surface area contributed by atoms with Crippen LogP contribution < -0.4 is 15.0 Å². The average Bonchev–Trinajstić information content (AvgIpc) is 3.38. The van der Waals surface area contributed by atoms with Crippen LogP contribution in [0.3, 0.4) is 0 Å². The van der Waals surface area contributed by atoms with E-state index in [1.807, 2.05) is 12.1 Å². The molecule has 0 radical (unpaired) electrons. The lowest BCUT2D eigenvalue weighted by atomic mass is 10.2. The Balaban J connectivity index is 1.09. The maximum atomic E-state index is 12.8. The number of ether oxygens (including phenoxy) is 1. The molecule has 0 aliphatic carbocycles. The molecule has 2 saturated heterocycles. The maximum Gasteiger partial charge on any atom is 0.251 e. The van der Waals surface area contributed by atoms with Gasteiger partial charge in [0.05, 0.1) is 21.7 Å². The first kappa shape index (κ1) is 27.1. The van der Waals surface area contributed by atoms with Crippen LogP contribution in [0.15, 0.2) is 41.3 Å². The second-order valence-electron chi connectivity index (χ2n) is 9.50. The van der Waals surface area contributed by atoms with Gasteiger partial charge in [-0.3, -0.25) is 9.69 Å². The number of halogens is 1. The number of nitrogens with one attached hydrogen (secondary N) is 1. The Bertz CT molecular complexity index is 1380. The van der Waals surface area contributed by atoms with Crippen molar-refractivity contribution in [3.05, 3.63) is 47.0 Å². The largest absolute Gasteiger partial charge is 0.493 e. The highest BCUT2D eigenvalue weighted by Crippen LogP contribution is 2.38. The Morgan fingerprint density at radius 3 is 2.42 bits per heavy atom. The fraction of sp³-hybridized carbons (Fsp3) is 0.462. The Labute approximate surface area is 232 Å². The minimum Gasteiger partial charge on any atom is -0.493 e.